The quantitative estimate of drug-likeness (QED) is 0.362. The van der Waals surface area contributed by atoms with E-state index in [2.05, 4.69) is 24.3 Å². The highest BCUT2D eigenvalue weighted by atomic mass is 32.2. The van der Waals surface area contributed by atoms with Crippen molar-refractivity contribution in [3.63, 3.8) is 0 Å². The van der Waals surface area contributed by atoms with E-state index < -0.39 is 0 Å². The van der Waals surface area contributed by atoms with Gasteiger partial charge in [0, 0.05) is 16.2 Å². The Morgan fingerprint density at radius 2 is 1.88 bits per heavy atom. The number of aromatic nitrogens is 1. The molecule has 0 spiro atoms. The molecule has 176 valence electrons. The molecule has 0 aliphatic rings. The van der Waals surface area contributed by atoms with Crippen LogP contribution in [0.4, 0.5) is 0 Å². The fraction of sp³-hybridized carbons (Fsp3) is 0.385. The summed E-state index contributed by atoms with van der Waals surface area (Å²) < 4.78 is 16.6. The van der Waals surface area contributed by atoms with Crippen molar-refractivity contribution in [1.29, 1.82) is 0 Å². The molecule has 1 aromatic heterocycles. The van der Waals surface area contributed by atoms with Crippen LogP contribution in [0.25, 0.3) is 0 Å². The average molecular weight is 469 g/mol. The zero-order chi connectivity index (χ0) is 24.0. The number of aryl methyl sites for hydroxylation is 2. The Labute approximate surface area is 200 Å². The number of nitrogens with zero attached hydrogens (tertiary/aromatic N) is 1. The number of hydrogen-bond acceptors (Lipinski definition) is 6. The Bertz CT molecular complexity index is 1070. The normalized spacial score (nSPS) is 12.0. The van der Waals surface area contributed by atoms with Crippen LogP contribution in [0.5, 0.6) is 11.5 Å². The first-order chi connectivity index (χ1) is 15.8. The van der Waals surface area contributed by atoms with Crippen molar-refractivity contribution >= 4 is 17.7 Å². The first-order valence-corrected chi connectivity index (χ1v) is 12.0. The number of amides is 1. The van der Waals surface area contributed by atoms with Crippen molar-refractivity contribution in [2.24, 2.45) is 5.92 Å². The van der Waals surface area contributed by atoms with Gasteiger partial charge in [0.1, 0.15) is 5.76 Å². The van der Waals surface area contributed by atoms with Gasteiger partial charge < -0.3 is 19.3 Å². The Morgan fingerprint density at radius 3 is 2.55 bits per heavy atom. The Hall–Kier alpha value is -2.93. The predicted octanol–water partition coefficient (Wildman–Crippen LogP) is 6.12. The molecule has 0 fully saturated rings. The number of rotatable bonds is 10. The van der Waals surface area contributed by atoms with Gasteiger partial charge in [0.15, 0.2) is 11.5 Å². The van der Waals surface area contributed by atoms with E-state index >= 15 is 0 Å². The molecule has 1 heterocycles. The van der Waals surface area contributed by atoms with Gasteiger partial charge in [-0.25, -0.2) is 0 Å². The molecular weight excluding hydrogens is 436 g/mol. The predicted molar refractivity (Wildman–Crippen MR) is 131 cm³/mol. The first-order valence-electron chi connectivity index (χ1n) is 11.0. The highest BCUT2D eigenvalue weighted by Gasteiger charge is 2.18. The summed E-state index contributed by atoms with van der Waals surface area (Å²) in [5.41, 5.74) is 3.53. The fourth-order valence-electron chi connectivity index (χ4n) is 3.32. The molecule has 0 bridgehead atoms. The lowest BCUT2D eigenvalue weighted by atomic mass is 10.1. The van der Waals surface area contributed by atoms with E-state index in [4.69, 9.17) is 14.0 Å². The molecule has 1 atom stereocenters. The maximum absolute atomic E-state index is 13.1. The summed E-state index contributed by atoms with van der Waals surface area (Å²) in [6.07, 6.45) is 0. The van der Waals surface area contributed by atoms with Crippen LogP contribution in [-0.4, -0.2) is 24.8 Å². The molecule has 1 unspecified atom stereocenters. The van der Waals surface area contributed by atoms with Gasteiger partial charge in [-0.3, -0.25) is 4.79 Å². The molecule has 2 aromatic carbocycles. The largest absolute Gasteiger partial charge is 0.493 e. The van der Waals surface area contributed by atoms with Gasteiger partial charge >= 0.3 is 0 Å². The van der Waals surface area contributed by atoms with Crippen molar-refractivity contribution in [2.75, 3.05) is 13.7 Å². The molecule has 1 amide bonds. The Kier molecular flexibility index (Phi) is 8.44. The van der Waals surface area contributed by atoms with Crippen molar-refractivity contribution in [2.45, 2.75) is 51.3 Å². The zero-order valence-corrected chi connectivity index (χ0v) is 20.9. The molecular formula is C26H32N2O4S. The number of carbonyl (C=O) groups excluding carboxylic acids is 1. The minimum absolute atomic E-state index is 0.122. The topological polar surface area (TPSA) is 73.6 Å². The van der Waals surface area contributed by atoms with E-state index in [0.717, 1.165) is 27.5 Å². The number of carbonyl (C=O) groups is 1. The summed E-state index contributed by atoms with van der Waals surface area (Å²) in [6.45, 7) is 10.6. The molecule has 33 heavy (non-hydrogen) atoms. The highest BCUT2D eigenvalue weighted by Crippen LogP contribution is 2.32. The second kappa shape index (κ2) is 11.3. The van der Waals surface area contributed by atoms with Gasteiger partial charge in [-0.1, -0.05) is 37.2 Å². The van der Waals surface area contributed by atoms with Crippen LogP contribution in [0.3, 0.4) is 0 Å². The van der Waals surface area contributed by atoms with Crippen LogP contribution >= 0.6 is 11.8 Å². The zero-order valence-electron chi connectivity index (χ0n) is 20.1. The maximum atomic E-state index is 13.1. The molecule has 0 saturated carbocycles. The molecule has 3 aromatic rings. The number of thioether (sulfide) groups is 1. The number of nitrogens with one attached hydrogen (secondary N) is 1. The van der Waals surface area contributed by atoms with Gasteiger partial charge in [-0.05, 0) is 56.5 Å². The number of benzene rings is 2. The first kappa shape index (κ1) is 24.7. The van der Waals surface area contributed by atoms with Crippen LogP contribution in [0.15, 0.2) is 51.9 Å². The van der Waals surface area contributed by atoms with E-state index in [1.165, 1.54) is 0 Å². The molecule has 1 N–H and O–H groups in total. The summed E-state index contributed by atoms with van der Waals surface area (Å²) in [6, 6.07) is 13.2. The van der Waals surface area contributed by atoms with Crippen molar-refractivity contribution in [1.82, 2.24) is 10.5 Å². The van der Waals surface area contributed by atoms with Crippen LogP contribution < -0.4 is 14.8 Å². The Morgan fingerprint density at radius 1 is 1.12 bits per heavy atom. The maximum Gasteiger partial charge on any atom is 0.252 e. The third-order valence-electron chi connectivity index (χ3n) is 5.29. The van der Waals surface area contributed by atoms with Crippen molar-refractivity contribution < 1.29 is 18.8 Å². The lowest BCUT2D eigenvalue weighted by molar-refractivity contribution is 0.0937. The third kappa shape index (κ3) is 6.32. The third-order valence-corrected chi connectivity index (χ3v) is 6.39. The monoisotopic (exact) mass is 468 g/mol. The minimum atomic E-state index is -0.203. The summed E-state index contributed by atoms with van der Waals surface area (Å²) in [7, 11) is 1.62. The van der Waals surface area contributed by atoms with Gasteiger partial charge in [0.25, 0.3) is 5.91 Å². The number of hydrogen-bond donors (Lipinski definition) is 1. The highest BCUT2D eigenvalue weighted by molar-refractivity contribution is 7.98. The van der Waals surface area contributed by atoms with Crippen LogP contribution in [0.1, 0.15) is 59.8 Å². The molecule has 7 heteroatoms. The SMILES string of the molecule is COc1cc(C(C)NC(=O)c2ccccc2SCc2c(C)noc2C)ccc1OCC(C)C. The fourth-order valence-corrected chi connectivity index (χ4v) is 4.53. The van der Waals surface area contributed by atoms with Crippen LogP contribution in [-0.2, 0) is 5.75 Å². The molecule has 0 radical (unpaired) electrons. The van der Waals surface area contributed by atoms with Gasteiger partial charge in [-0.2, -0.15) is 0 Å². The van der Waals surface area contributed by atoms with E-state index in [1.807, 2.05) is 63.2 Å². The van der Waals surface area contributed by atoms with E-state index in [9.17, 15) is 4.79 Å². The standard InChI is InChI=1S/C26H32N2O4S/c1-16(2)14-31-23-12-11-20(13-24(23)30-6)17(3)27-26(29)21-9-7-8-10-25(21)33-15-22-18(4)28-32-19(22)5/h7-13,16-17H,14-15H2,1-6H3,(H,27,29). The van der Waals surface area contributed by atoms with Gasteiger partial charge in [-0.15, -0.1) is 11.8 Å². The summed E-state index contributed by atoms with van der Waals surface area (Å²) in [4.78, 5) is 14.0. The molecule has 6 nitrogen and oxygen atoms in total. The lowest BCUT2D eigenvalue weighted by Crippen LogP contribution is -2.27. The minimum Gasteiger partial charge on any atom is -0.493 e. The Balaban J connectivity index is 1.71. The summed E-state index contributed by atoms with van der Waals surface area (Å²) in [5.74, 6) is 3.16. The number of ether oxygens (including phenoxy) is 2. The van der Waals surface area contributed by atoms with E-state index in [0.29, 0.717) is 35.3 Å². The molecule has 0 saturated heterocycles. The molecule has 3 rings (SSSR count). The summed E-state index contributed by atoms with van der Waals surface area (Å²) >= 11 is 1.60. The smallest absolute Gasteiger partial charge is 0.252 e. The van der Waals surface area contributed by atoms with E-state index in [-0.39, 0.29) is 11.9 Å². The molecule has 0 aliphatic heterocycles. The van der Waals surface area contributed by atoms with Crippen molar-refractivity contribution in [3.05, 3.63) is 70.6 Å². The number of methoxy groups -OCH3 is 1. The average Bonchev–Trinajstić information content (AvgIpc) is 3.13. The van der Waals surface area contributed by atoms with Crippen molar-refractivity contribution in [3.8, 4) is 11.5 Å². The second-order valence-electron chi connectivity index (χ2n) is 8.40. The van der Waals surface area contributed by atoms with Gasteiger partial charge in [0.2, 0.25) is 0 Å². The lowest BCUT2D eigenvalue weighted by Gasteiger charge is -2.18. The molecule has 0 aliphatic carbocycles. The van der Waals surface area contributed by atoms with E-state index in [1.54, 1.807) is 18.9 Å². The second-order valence-corrected chi connectivity index (χ2v) is 9.42. The van der Waals surface area contributed by atoms with Crippen LogP contribution in [0.2, 0.25) is 0 Å². The summed E-state index contributed by atoms with van der Waals surface area (Å²) in [5, 5.41) is 7.12. The van der Waals surface area contributed by atoms with Crippen LogP contribution in [0, 0.1) is 19.8 Å². The van der Waals surface area contributed by atoms with Gasteiger partial charge in [0.05, 0.1) is 31.0 Å².